The topological polar surface area (TPSA) is 67.7 Å². The number of aromatic nitrogens is 2. The van der Waals surface area contributed by atoms with Gasteiger partial charge in [0, 0.05) is 45.0 Å². The molecule has 1 aromatic heterocycles. The number of aryl methyl sites for hydroxylation is 2. The highest BCUT2D eigenvalue weighted by atomic mass is 16.6. The van der Waals surface area contributed by atoms with Gasteiger partial charge in [0.1, 0.15) is 12.4 Å². The Balaban J connectivity index is 1.46. The average molecular weight is 292 g/mol. The van der Waals surface area contributed by atoms with E-state index in [9.17, 15) is 9.59 Å². The van der Waals surface area contributed by atoms with E-state index in [1.54, 1.807) is 11.1 Å². The van der Waals surface area contributed by atoms with Crippen molar-refractivity contribution in [2.24, 2.45) is 0 Å². The van der Waals surface area contributed by atoms with Gasteiger partial charge >= 0.3 is 6.09 Å². The first-order chi connectivity index (χ1) is 10.1. The monoisotopic (exact) mass is 292 g/mol. The van der Waals surface area contributed by atoms with Gasteiger partial charge in [-0.15, -0.1) is 0 Å². The Morgan fingerprint density at radius 3 is 3.10 bits per heavy atom. The molecule has 1 atom stereocenters. The molecule has 3 rings (SSSR count). The summed E-state index contributed by atoms with van der Waals surface area (Å²) in [5, 5.41) is 0. The Hall–Kier alpha value is -2.05. The minimum absolute atomic E-state index is 0.0334. The zero-order valence-electron chi connectivity index (χ0n) is 12.2. The number of cyclic esters (lactones) is 1. The summed E-state index contributed by atoms with van der Waals surface area (Å²) in [4.78, 5) is 31.4. The minimum Gasteiger partial charge on any atom is -0.447 e. The van der Waals surface area contributed by atoms with E-state index < -0.39 is 0 Å². The molecule has 7 heteroatoms. The summed E-state index contributed by atoms with van der Waals surface area (Å²) in [6.07, 6.45) is 4.78. The molecule has 0 N–H and O–H groups in total. The van der Waals surface area contributed by atoms with Crippen LogP contribution in [0, 0.1) is 6.92 Å². The van der Waals surface area contributed by atoms with Crippen LogP contribution in [0.3, 0.4) is 0 Å². The summed E-state index contributed by atoms with van der Waals surface area (Å²) in [7, 11) is 0. The Morgan fingerprint density at radius 1 is 1.48 bits per heavy atom. The quantitative estimate of drug-likeness (QED) is 0.816. The van der Waals surface area contributed by atoms with Crippen LogP contribution < -0.4 is 0 Å². The van der Waals surface area contributed by atoms with Gasteiger partial charge in [-0.05, 0) is 13.3 Å². The van der Waals surface area contributed by atoms with E-state index in [-0.39, 0.29) is 18.0 Å². The number of hydrogen-bond acceptors (Lipinski definition) is 4. The van der Waals surface area contributed by atoms with E-state index in [0.29, 0.717) is 32.7 Å². The molecule has 0 saturated carbocycles. The first-order valence-corrected chi connectivity index (χ1v) is 7.34. The van der Waals surface area contributed by atoms with Crippen LogP contribution in [-0.4, -0.2) is 63.6 Å². The van der Waals surface area contributed by atoms with E-state index in [1.165, 1.54) is 0 Å². The molecule has 2 saturated heterocycles. The molecule has 2 aliphatic rings. The van der Waals surface area contributed by atoms with E-state index in [1.807, 2.05) is 18.0 Å². The molecule has 21 heavy (non-hydrogen) atoms. The number of ether oxygens (including phenoxy) is 1. The fourth-order valence-electron chi connectivity index (χ4n) is 2.91. The van der Waals surface area contributed by atoms with Crippen LogP contribution in [0.15, 0.2) is 12.4 Å². The van der Waals surface area contributed by atoms with Crippen LogP contribution >= 0.6 is 0 Å². The van der Waals surface area contributed by atoms with Crippen molar-refractivity contribution in [1.29, 1.82) is 0 Å². The van der Waals surface area contributed by atoms with E-state index in [0.717, 1.165) is 18.8 Å². The second-order valence-electron chi connectivity index (χ2n) is 5.54. The number of imidazole rings is 1. The van der Waals surface area contributed by atoms with Crippen molar-refractivity contribution < 1.29 is 14.3 Å². The molecule has 114 valence electrons. The third kappa shape index (κ3) is 2.86. The standard InChI is InChI=1S/C14H20N4O3/c1-11-15-4-6-16(11)5-2-3-13(19)17-7-8-18-12(9-17)10-21-14(18)20/h4,6,12H,2-3,5,7-10H2,1H3. The number of piperazine rings is 1. The maximum absolute atomic E-state index is 12.2. The largest absolute Gasteiger partial charge is 0.447 e. The van der Waals surface area contributed by atoms with Crippen molar-refractivity contribution >= 4 is 12.0 Å². The van der Waals surface area contributed by atoms with Gasteiger partial charge in [-0.2, -0.15) is 0 Å². The number of carbonyl (C=O) groups is 2. The van der Waals surface area contributed by atoms with Crippen LogP contribution in [-0.2, 0) is 16.1 Å². The van der Waals surface area contributed by atoms with Gasteiger partial charge in [0.15, 0.2) is 0 Å². The molecule has 2 fully saturated rings. The Morgan fingerprint density at radius 2 is 2.33 bits per heavy atom. The van der Waals surface area contributed by atoms with Crippen molar-refractivity contribution in [3.8, 4) is 0 Å². The van der Waals surface area contributed by atoms with E-state index >= 15 is 0 Å². The predicted octanol–water partition coefficient (Wildman–Crippen LogP) is 0.635. The molecule has 0 spiro atoms. The van der Waals surface area contributed by atoms with Gasteiger partial charge in [0.2, 0.25) is 5.91 Å². The Bertz CT molecular complexity index is 542. The smallest absolute Gasteiger partial charge is 0.410 e. The van der Waals surface area contributed by atoms with Crippen molar-refractivity contribution in [3.05, 3.63) is 18.2 Å². The molecule has 2 aliphatic heterocycles. The molecule has 0 aliphatic carbocycles. The van der Waals surface area contributed by atoms with Crippen molar-refractivity contribution in [3.63, 3.8) is 0 Å². The molecule has 3 heterocycles. The van der Waals surface area contributed by atoms with Gasteiger partial charge in [-0.25, -0.2) is 9.78 Å². The van der Waals surface area contributed by atoms with Crippen molar-refractivity contribution in [1.82, 2.24) is 19.4 Å². The van der Waals surface area contributed by atoms with Gasteiger partial charge in [0.25, 0.3) is 0 Å². The van der Waals surface area contributed by atoms with Crippen LogP contribution in [0.2, 0.25) is 0 Å². The molecule has 2 amide bonds. The fourth-order valence-corrected chi connectivity index (χ4v) is 2.91. The predicted molar refractivity (Wildman–Crippen MR) is 74.6 cm³/mol. The highest BCUT2D eigenvalue weighted by Crippen LogP contribution is 2.18. The molecule has 7 nitrogen and oxygen atoms in total. The van der Waals surface area contributed by atoms with Crippen molar-refractivity contribution in [2.75, 3.05) is 26.2 Å². The molecule has 0 aromatic carbocycles. The second-order valence-corrected chi connectivity index (χ2v) is 5.54. The fraction of sp³-hybridized carbons (Fsp3) is 0.643. The number of fused-ring (bicyclic) bond motifs is 1. The summed E-state index contributed by atoms with van der Waals surface area (Å²) in [5.41, 5.74) is 0. The summed E-state index contributed by atoms with van der Waals surface area (Å²) < 4.78 is 7.06. The number of hydrogen-bond donors (Lipinski definition) is 0. The van der Waals surface area contributed by atoms with Crippen LogP contribution in [0.4, 0.5) is 4.79 Å². The second kappa shape index (κ2) is 5.75. The maximum Gasteiger partial charge on any atom is 0.410 e. The normalized spacial score (nSPS) is 21.4. The molecular weight excluding hydrogens is 272 g/mol. The van der Waals surface area contributed by atoms with Crippen LogP contribution in [0.25, 0.3) is 0 Å². The molecular formula is C14H20N4O3. The minimum atomic E-state index is -0.248. The lowest BCUT2D eigenvalue weighted by atomic mass is 10.1. The third-order valence-corrected chi connectivity index (χ3v) is 4.18. The highest BCUT2D eigenvalue weighted by molar-refractivity contribution is 5.77. The van der Waals surface area contributed by atoms with Crippen molar-refractivity contribution in [2.45, 2.75) is 32.4 Å². The van der Waals surface area contributed by atoms with Gasteiger partial charge in [-0.3, -0.25) is 9.69 Å². The Labute approximate surface area is 123 Å². The number of nitrogens with zero attached hydrogens (tertiary/aromatic N) is 4. The molecule has 1 unspecified atom stereocenters. The van der Waals surface area contributed by atoms with E-state index in [4.69, 9.17) is 4.74 Å². The lowest BCUT2D eigenvalue weighted by Crippen LogP contribution is -2.53. The highest BCUT2D eigenvalue weighted by Gasteiger charge is 2.38. The van der Waals surface area contributed by atoms with Gasteiger partial charge < -0.3 is 14.2 Å². The first kappa shape index (κ1) is 13.9. The lowest BCUT2D eigenvalue weighted by Gasteiger charge is -2.35. The first-order valence-electron chi connectivity index (χ1n) is 7.34. The van der Waals surface area contributed by atoms with Crippen LogP contribution in [0.1, 0.15) is 18.7 Å². The van der Waals surface area contributed by atoms with E-state index in [2.05, 4.69) is 9.55 Å². The van der Waals surface area contributed by atoms with Crippen LogP contribution in [0.5, 0.6) is 0 Å². The Kier molecular flexibility index (Phi) is 3.81. The molecule has 0 bridgehead atoms. The summed E-state index contributed by atoms with van der Waals surface area (Å²) in [5.74, 6) is 1.13. The average Bonchev–Trinajstić information content (AvgIpc) is 3.05. The van der Waals surface area contributed by atoms with Gasteiger partial charge in [-0.1, -0.05) is 0 Å². The molecule has 1 aromatic rings. The lowest BCUT2D eigenvalue weighted by molar-refractivity contribution is -0.133. The van der Waals surface area contributed by atoms with Gasteiger partial charge in [0.05, 0.1) is 6.04 Å². The summed E-state index contributed by atoms with van der Waals surface area (Å²) >= 11 is 0. The molecule has 0 radical (unpaired) electrons. The maximum atomic E-state index is 12.2. The zero-order chi connectivity index (χ0) is 14.8. The number of carbonyl (C=O) groups excluding carboxylic acids is 2. The summed E-state index contributed by atoms with van der Waals surface area (Å²) in [6, 6.07) is 0.0334. The summed E-state index contributed by atoms with van der Waals surface area (Å²) in [6.45, 7) is 4.94. The number of rotatable bonds is 4. The number of amides is 2. The SMILES string of the molecule is Cc1nccn1CCCC(=O)N1CCN2C(=O)OCC2C1. The zero-order valence-corrected chi connectivity index (χ0v) is 12.2. The third-order valence-electron chi connectivity index (χ3n) is 4.18.